The minimum atomic E-state index is -0.778. The fraction of sp³-hybridized carbons (Fsp3) is 0.273. The highest BCUT2D eigenvalue weighted by atomic mass is 16.5. The minimum Gasteiger partial charge on any atom is -0.505 e. The number of benzene rings is 2. The Hall–Kier alpha value is -3.88. The van der Waals surface area contributed by atoms with Gasteiger partial charge in [0.25, 0.3) is 5.91 Å². The molecule has 1 aliphatic carbocycles. The van der Waals surface area contributed by atoms with Crippen molar-refractivity contribution in [3.63, 3.8) is 0 Å². The molecule has 4 rings (SSSR count). The number of amides is 3. The Balaban J connectivity index is 1.44. The normalized spacial score (nSPS) is 17.1. The first-order chi connectivity index (χ1) is 14.9. The molecule has 0 spiro atoms. The number of hydrogen-bond acceptors (Lipinski definition) is 6. The van der Waals surface area contributed by atoms with Gasteiger partial charge in [0.1, 0.15) is 11.6 Å². The van der Waals surface area contributed by atoms with Crippen molar-refractivity contribution in [2.75, 3.05) is 19.0 Å². The molecule has 0 bridgehead atoms. The van der Waals surface area contributed by atoms with Crippen LogP contribution in [-0.2, 0) is 14.3 Å². The van der Waals surface area contributed by atoms with E-state index in [-0.39, 0.29) is 29.7 Å². The van der Waals surface area contributed by atoms with Crippen LogP contribution in [0.1, 0.15) is 45.2 Å². The molecular formula is C22H21N3O6. The van der Waals surface area contributed by atoms with Crippen LogP contribution in [0.5, 0.6) is 5.75 Å². The molecule has 1 heterocycles. The summed E-state index contributed by atoms with van der Waals surface area (Å²) in [4.78, 5) is 51.2. The zero-order valence-corrected chi connectivity index (χ0v) is 16.8. The van der Waals surface area contributed by atoms with Crippen LogP contribution in [-0.4, -0.2) is 53.4 Å². The van der Waals surface area contributed by atoms with Crippen LogP contribution in [0.3, 0.4) is 0 Å². The van der Waals surface area contributed by atoms with E-state index in [1.807, 2.05) is 0 Å². The lowest BCUT2D eigenvalue weighted by atomic mass is 10.0. The van der Waals surface area contributed by atoms with Gasteiger partial charge in [-0.1, -0.05) is 24.3 Å². The molecule has 1 aliphatic heterocycles. The molecule has 2 aliphatic rings. The third-order valence-electron chi connectivity index (χ3n) is 5.33. The maximum Gasteiger partial charge on any atom is 0.341 e. The van der Waals surface area contributed by atoms with E-state index in [4.69, 9.17) is 0 Å². The highest BCUT2D eigenvalue weighted by Crippen LogP contribution is 2.41. The SMILES string of the molecule is COC(=O)c1cccc(NC(=O)CNC(=O)C2c3ccccc3C(=O)N2C2CC2)c1O. The summed E-state index contributed by atoms with van der Waals surface area (Å²) in [5.74, 6) is -2.39. The Morgan fingerprint density at radius 2 is 1.87 bits per heavy atom. The summed E-state index contributed by atoms with van der Waals surface area (Å²) in [5.41, 5.74) is 1.05. The molecule has 9 heteroatoms. The van der Waals surface area contributed by atoms with Gasteiger partial charge in [-0.05, 0) is 36.6 Å². The molecule has 2 aromatic rings. The molecule has 9 nitrogen and oxygen atoms in total. The summed E-state index contributed by atoms with van der Waals surface area (Å²) >= 11 is 0. The number of esters is 1. The summed E-state index contributed by atoms with van der Waals surface area (Å²) in [7, 11) is 1.18. The topological polar surface area (TPSA) is 125 Å². The molecule has 1 atom stereocenters. The first-order valence-electron chi connectivity index (χ1n) is 9.81. The number of anilines is 1. The maximum atomic E-state index is 12.9. The number of methoxy groups -OCH3 is 1. The van der Waals surface area contributed by atoms with Crippen LogP contribution >= 0.6 is 0 Å². The molecule has 3 amide bonds. The van der Waals surface area contributed by atoms with Crippen LogP contribution in [0.4, 0.5) is 5.69 Å². The first kappa shape index (κ1) is 20.4. The molecule has 1 unspecified atom stereocenters. The summed E-state index contributed by atoms with van der Waals surface area (Å²) in [6.07, 6.45) is 1.69. The lowest BCUT2D eigenvalue weighted by molar-refractivity contribution is -0.127. The predicted molar refractivity (Wildman–Crippen MR) is 109 cm³/mol. The Labute approximate surface area is 178 Å². The number of para-hydroxylation sites is 1. The van der Waals surface area contributed by atoms with Crippen LogP contribution in [0.2, 0.25) is 0 Å². The van der Waals surface area contributed by atoms with Crippen molar-refractivity contribution in [2.45, 2.75) is 24.9 Å². The zero-order chi connectivity index (χ0) is 22.1. The summed E-state index contributed by atoms with van der Waals surface area (Å²) < 4.78 is 4.58. The van der Waals surface area contributed by atoms with E-state index in [2.05, 4.69) is 15.4 Å². The second kappa shape index (κ2) is 8.10. The van der Waals surface area contributed by atoms with E-state index in [0.717, 1.165) is 12.8 Å². The molecule has 3 N–H and O–H groups in total. The maximum absolute atomic E-state index is 12.9. The van der Waals surface area contributed by atoms with Crippen molar-refractivity contribution in [1.29, 1.82) is 0 Å². The van der Waals surface area contributed by atoms with Crippen LogP contribution < -0.4 is 10.6 Å². The second-order valence-corrected chi connectivity index (χ2v) is 7.39. The van der Waals surface area contributed by atoms with E-state index in [1.54, 1.807) is 29.2 Å². The highest BCUT2D eigenvalue weighted by molar-refractivity contribution is 6.06. The number of ether oxygens (including phenoxy) is 1. The smallest absolute Gasteiger partial charge is 0.341 e. The number of fused-ring (bicyclic) bond motifs is 1. The lowest BCUT2D eigenvalue weighted by Gasteiger charge is -2.24. The van der Waals surface area contributed by atoms with Gasteiger partial charge in [-0.15, -0.1) is 0 Å². The fourth-order valence-electron chi connectivity index (χ4n) is 3.71. The van der Waals surface area contributed by atoms with Crippen molar-refractivity contribution in [3.8, 4) is 5.75 Å². The van der Waals surface area contributed by atoms with Crippen LogP contribution in [0.15, 0.2) is 42.5 Å². The molecule has 160 valence electrons. The van der Waals surface area contributed by atoms with Crippen molar-refractivity contribution in [2.24, 2.45) is 0 Å². The van der Waals surface area contributed by atoms with Gasteiger partial charge in [-0.3, -0.25) is 14.4 Å². The Morgan fingerprint density at radius 1 is 1.13 bits per heavy atom. The molecule has 2 aromatic carbocycles. The van der Waals surface area contributed by atoms with E-state index in [0.29, 0.717) is 11.1 Å². The van der Waals surface area contributed by atoms with Crippen LogP contribution in [0.25, 0.3) is 0 Å². The number of aromatic hydroxyl groups is 1. The van der Waals surface area contributed by atoms with Gasteiger partial charge < -0.3 is 25.4 Å². The molecule has 0 aromatic heterocycles. The number of phenols is 1. The average molecular weight is 423 g/mol. The average Bonchev–Trinajstić information content (AvgIpc) is 3.57. The van der Waals surface area contributed by atoms with Gasteiger partial charge in [0.05, 0.1) is 19.3 Å². The summed E-state index contributed by atoms with van der Waals surface area (Å²) in [6, 6.07) is 10.5. The molecule has 0 radical (unpaired) electrons. The number of carbonyl (C=O) groups is 4. The Kier molecular flexibility index (Phi) is 5.33. The number of hydrogen-bond donors (Lipinski definition) is 3. The van der Waals surface area contributed by atoms with Crippen molar-refractivity contribution < 1.29 is 29.0 Å². The number of nitrogens with one attached hydrogen (secondary N) is 2. The Bertz CT molecular complexity index is 1080. The molecule has 1 saturated carbocycles. The second-order valence-electron chi connectivity index (χ2n) is 7.39. The van der Waals surface area contributed by atoms with Gasteiger partial charge in [0.15, 0.2) is 5.75 Å². The van der Waals surface area contributed by atoms with E-state index in [1.165, 1.54) is 25.3 Å². The first-order valence-corrected chi connectivity index (χ1v) is 9.81. The third-order valence-corrected chi connectivity index (χ3v) is 5.33. The fourth-order valence-corrected chi connectivity index (χ4v) is 3.71. The van der Waals surface area contributed by atoms with Crippen molar-refractivity contribution in [1.82, 2.24) is 10.2 Å². The quantitative estimate of drug-likeness (QED) is 0.479. The van der Waals surface area contributed by atoms with Crippen molar-refractivity contribution in [3.05, 3.63) is 59.2 Å². The monoisotopic (exact) mass is 423 g/mol. The van der Waals surface area contributed by atoms with Gasteiger partial charge in [-0.2, -0.15) is 0 Å². The Morgan fingerprint density at radius 3 is 2.58 bits per heavy atom. The van der Waals surface area contributed by atoms with Crippen molar-refractivity contribution >= 4 is 29.4 Å². The molecule has 0 saturated heterocycles. The predicted octanol–water partition coefficient (Wildman–Crippen LogP) is 1.59. The molecule has 1 fully saturated rings. The van der Waals surface area contributed by atoms with E-state index < -0.39 is 29.6 Å². The number of nitrogens with zero attached hydrogens (tertiary/aromatic N) is 1. The van der Waals surface area contributed by atoms with Crippen LogP contribution in [0, 0.1) is 0 Å². The lowest BCUT2D eigenvalue weighted by Crippen LogP contribution is -2.42. The molecule has 31 heavy (non-hydrogen) atoms. The minimum absolute atomic E-state index is 0.0168. The largest absolute Gasteiger partial charge is 0.505 e. The number of carbonyl (C=O) groups excluding carboxylic acids is 4. The standard InChI is InChI=1S/C22H21N3O6/c1-31-22(30)15-7-4-8-16(19(15)27)24-17(26)11-23-20(28)18-13-5-2-3-6-14(13)21(29)25(18)12-9-10-12/h2-8,12,18,27H,9-11H2,1H3,(H,23,28)(H,24,26). The highest BCUT2D eigenvalue weighted by Gasteiger charge is 2.47. The number of rotatable bonds is 6. The summed E-state index contributed by atoms with van der Waals surface area (Å²) in [5, 5.41) is 15.2. The zero-order valence-electron chi connectivity index (χ0n) is 16.8. The summed E-state index contributed by atoms with van der Waals surface area (Å²) in [6.45, 7) is -0.369. The van der Waals surface area contributed by atoms with E-state index in [9.17, 15) is 24.3 Å². The third kappa shape index (κ3) is 3.81. The van der Waals surface area contributed by atoms with Gasteiger partial charge in [-0.25, -0.2) is 4.79 Å². The molecular weight excluding hydrogens is 402 g/mol. The van der Waals surface area contributed by atoms with Gasteiger partial charge in [0.2, 0.25) is 11.8 Å². The number of phenolic OH excluding ortho intramolecular Hbond substituents is 1. The van der Waals surface area contributed by atoms with Gasteiger partial charge in [0, 0.05) is 11.6 Å². The van der Waals surface area contributed by atoms with E-state index >= 15 is 0 Å². The van der Waals surface area contributed by atoms with Gasteiger partial charge >= 0.3 is 5.97 Å².